The van der Waals surface area contributed by atoms with Crippen LogP contribution in [0.5, 0.6) is 0 Å². The van der Waals surface area contributed by atoms with Crippen molar-refractivity contribution in [2.75, 3.05) is 31.2 Å². The Morgan fingerprint density at radius 2 is 1.59 bits per heavy atom. The van der Waals surface area contributed by atoms with Gasteiger partial charge in [0, 0.05) is 36.8 Å². The molecule has 0 amide bonds. The van der Waals surface area contributed by atoms with Gasteiger partial charge in [0.25, 0.3) is 0 Å². The third kappa shape index (κ3) is 10.8. The molecule has 0 radical (unpaired) electrons. The van der Waals surface area contributed by atoms with E-state index in [9.17, 15) is 9.59 Å². The third-order valence-corrected chi connectivity index (χ3v) is 8.75. The van der Waals surface area contributed by atoms with Gasteiger partial charge in [0.15, 0.2) is 0 Å². The number of benzene rings is 2. The van der Waals surface area contributed by atoms with Crippen molar-refractivity contribution >= 4 is 71.3 Å². The summed E-state index contributed by atoms with van der Waals surface area (Å²) in [5, 5.41) is 18.8. The van der Waals surface area contributed by atoms with Gasteiger partial charge >= 0.3 is 11.9 Å². The van der Waals surface area contributed by atoms with Crippen molar-refractivity contribution in [3.8, 4) is 0 Å². The lowest BCUT2D eigenvalue weighted by atomic mass is 10.1. The summed E-state index contributed by atoms with van der Waals surface area (Å²) in [6, 6.07) is 17.7. The zero-order valence-corrected chi connectivity index (χ0v) is 27.8. The molecule has 12 heteroatoms. The molecule has 0 aliphatic heterocycles. The average Bonchev–Trinajstić information content (AvgIpc) is 3.63. The first-order valence-corrected chi connectivity index (χ1v) is 16.8. The molecule has 0 unspecified atom stereocenters. The Labute approximate surface area is 277 Å². The fraction of sp³-hybridized carbons (Fsp3) is 0.324. The smallest absolute Gasteiger partial charge is 0.333 e. The number of thiophene rings is 1. The van der Waals surface area contributed by atoms with Crippen LogP contribution in [0.2, 0.25) is 0 Å². The zero-order chi connectivity index (χ0) is 32.7. The Balaban J connectivity index is 1.23. The second-order valence-corrected chi connectivity index (χ2v) is 12.4. The van der Waals surface area contributed by atoms with Crippen molar-refractivity contribution in [2.45, 2.75) is 46.0 Å². The van der Waals surface area contributed by atoms with Gasteiger partial charge in [-0.1, -0.05) is 54.4 Å². The van der Waals surface area contributed by atoms with E-state index in [4.69, 9.17) is 9.47 Å². The number of rotatable bonds is 18. The minimum absolute atomic E-state index is 0.305. The maximum absolute atomic E-state index is 11.5. The first-order valence-electron chi connectivity index (χ1n) is 15.1. The number of hydrogen-bond acceptors (Lipinski definition) is 12. The summed E-state index contributed by atoms with van der Waals surface area (Å²) < 4.78 is 11.2. The van der Waals surface area contributed by atoms with Crippen molar-refractivity contribution in [1.82, 2.24) is 4.98 Å². The maximum Gasteiger partial charge on any atom is 0.333 e. The molecular weight excluding hydrogens is 621 g/mol. The number of fused-ring (bicyclic) bond motifs is 1. The molecule has 240 valence electrons. The molecule has 0 saturated carbocycles. The molecule has 2 heterocycles. The van der Waals surface area contributed by atoms with Crippen LogP contribution in [-0.2, 0) is 25.5 Å². The zero-order valence-electron chi connectivity index (χ0n) is 26.2. The van der Waals surface area contributed by atoms with E-state index in [1.54, 1.807) is 6.92 Å². The number of ether oxygens (including phenoxy) is 2. The fourth-order valence-corrected chi connectivity index (χ4v) is 6.16. The topological polar surface area (TPSA) is 118 Å². The van der Waals surface area contributed by atoms with Crippen LogP contribution >= 0.6 is 22.7 Å². The van der Waals surface area contributed by atoms with E-state index in [0.29, 0.717) is 30.3 Å². The van der Waals surface area contributed by atoms with Gasteiger partial charge in [-0.15, -0.1) is 20.5 Å². The van der Waals surface area contributed by atoms with E-state index in [0.717, 1.165) is 75.9 Å². The molecule has 0 aliphatic carbocycles. The molecule has 0 aliphatic rings. The number of nitrogens with zero attached hydrogens (tertiary/aromatic N) is 6. The summed E-state index contributed by atoms with van der Waals surface area (Å²) in [6.45, 7) is 13.4. The Kier molecular flexibility index (Phi) is 13.3. The summed E-state index contributed by atoms with van der Waals surface area (Å²) in [7, 11) is 0. The molecule has 0 atom stereocenters. The third-order valence-electron chi connectivity index (χ3n) is 6.82. The van der Waals surface area contributed by atoms with E-state index < -0.39 is 0 Å². The van der Waals surface area contributed by atoms with Gasteiger partial charge in [-0.25, -0.2) is 14.6 Å². The van der Waals surface area contributed by atoms with E-state index in [1.165, 1.54) is 28.7 Å². The van der Waals surface area contributed by atoms with Crippen LogP contribution in [0, 0.1) is 0 Å². The van der Waals surface area contributed by atoms with Gasteiger partial charge in [-0.05, 0) is 81.1 Å². The van der Waals surface area contributed by atoms with Gasteiger partial charge in [-0.2, -0.15) is 0 Å². The van der Waals surface area contributed by atoms with E-state index in [-0.39, 0.29) is 11.9 Å². The minimum Gasteiger partial charge on any atom is -0.463 e. The number of carbonyl (C=O) groups is 2. The molecular formula is C34H38N6O4S2. The summed E-state index contributed by atoms with van der Waals surface area (Å²) in [5.74, 6) is -0.738. The quantitative estimate of drug-likeness (QED) is 0.0454. The SMILES string of the molecule is C=CC(=O)OCCCCCCN(CC)c1ccc(N=Nc2nc3sc(N=Nc4ccc(CCOC(=O)C(=C)C)cc4)cc3s2)cc1. The highest BCUT2D eigenvalue weighted by molar-refractivity contribution is 7.30. The molecule has 46 heavy (non-hydrogen) atoms. The molecule has 0 spiro atoms. The number of esters is 2. The predicted molar refractivity (Wildman–Crippen MR) is 186 cm³/mol. The van der Waals surface area contributed by atoms with E-state index in [1.807, 2.05) is 42.5 Å². The monoisotopic (exact) mass is 658 g/mol. The van der Waals surface area contributed by atoms with E-state index in [2.05, 4.69) is 62.6 Å². The molecule has 10 nitrogen and oxygen atoms in total. The highest BCUT2D eigenvalue weighted by atomic mass is 32.1. The Hall–Kier alpha value is -4.55. The number of anilines is 1. The van der Waals surface area contributed by atoms with Gasteiger partial charge in [0.2, 0.25) is 5.13 Å². The fourth-order valence-electron chi connectivity index (χ4n) is 4.32. The Morgan fingerprint density at radius 3 is 2.26 bits per heavy atom. The lowest BCUT2D eigenvalue weighted by molar-refractivity contribution is -0.139. The number of hydrogen-bond donors (Lipinski definition) is 0. The number of azo groups is 2. The van der Waals surface area contributed by atoms with Gasteiger partial charge in [0.05, 0.1) is 29.3 Å². The van der Waals surface area contributed by atoms with Crippen molar-refractivity contribution in [2.24, 2.45) is 20.5 Å². The van der Waals surface area contributed by atoms with Crippen molar-refractivity contribution in [3.63, 3.8) is 0 Å². The highest BCUT2D eigenvalue weighted by Crippen LogP contribution is 2.39. The number of carbonyl (C=O) groups excluding carboxylic acids is 2. The van der Waals surface area contributed by atoms with Crippen LogP contribution < -0.4 is 4.90 Å². The molecule has 0 bridgehead atoms. The Bertz CT molecular complexity index is 1640. The second-order valence-electron chi connectivity index (χ2n) is 10.4. The summed E-state index contributed by atoms with van der Waals surface area (Å²) >= 11 is 2.91. The molecule has 0 fully saturated rings. The molecule has 2 aromatic heterocycles. The van der Waals surface area contributed by atoms with Crippen molar-refractivity contribution < 1.29 is 19.1 Å². The van der Waals surface area contributed by atoms with Gasteiger partial charge < -0.3 is 14.4 Å². The maximum atomic E-state index is 11.5. The van der Waals surface area contributed by atoms with Crippen molar-refractivity contribution in [1.29, 1.82) is 0 Å². The minimum atomic E-state index is -0.376. The van der Waals surface area contributed by atoms with Crippen LogP contribution in [0.25, 0.3) is 9.53 Å². The first-order chi connectivity index (χ1) is 22.3. The van der Waals surface area contributed by atoms with Crippen LogP contribution in [0.15, 0.2) is 99.9 Å². The molecule has 2 aromatic carbocycles. The molecule has 0 saturated heterocycles. The standard InChI is InChI=1S/C34H38N6O4S2/c1-5-31(41)43-21-10-8-7-9-20-40(6-2)28-17-15-27(16-18-28)37-39-34-35-32-29(45-34)23-30(46-32)38-36-26-13-11-25(12-14-26)19-22-44-33(42)24(3)4/h5,11-18,23H,1,3,6-10,19-22H2,2,4H3. The van der Waals surface area contributed by atoms with Crippen LogP contribution in [0.3, 0.4) is 0 Å². The Morgan fingerprint density at radius 1 is 0.891 bits per heavy atom. The van der Waals surface area contributed by atoms with E-state index >= 15 is 0 Å². The van der Waals surface area contributed by atoms with Gasteiger partial charge in [0.1, 0.15) is 9.83 Å². The largest absolute Gasteiger partial charge is 0.463 e. The molecule has 4 aromatic rings. The van der Waals surface area contributed by atoms with Gasteiger partial charge in [-0.3, -0.25) is 0 Å². The summed E-state index contributed by atoms with van der Waals surface area (Å²) in [6.07, 6.45) is 5.85. The number of thiazole rings is 1. The van der Waals surface area contributed by atoms with Crippen LogP contribution in [0.1, 0.15) is 45.1 Å². The lowest BCUT2D eigenvalue weighted by Gasteiger charge is -2.23. The average molecular weight is 659 g/mol. The normalized spacial score (nSPS) is 11.3. The second kappa shape index (κ2) is 17.8. The lowest BCUT2D eigenvalue weighted by Crippen LogP contribution is -2.23. The van der Waals surface area contributed by atoms with Crippen LogP contribution in [0.4, 0.5) is 27.2 Å². The van der Waals surface area contributed by atoms with Crippen molar-refractivity contribution in [3.05, 3.63) is 85.0 Å². The first kappa shape index (κ1) is 34.3. The molecule has 0 N–H and O–H groups in total. The summed E-state index contributed by atoms with van der Waals surface area (Å²) in [5.41, 5.74) is 4.08. The predicted octanol–water partition coefficient (Wildman–Crippen LogP) is 9.97. The van der Waals surface area contributed by atoms with Crippen LogP contribution in [-0.4, -0.2) is 43.2 Å². The summed E-state index contributed by atoms with van der Waals surface area (Å²) in [4.78, 5) is 30.4. The molecule has 4 rings (SSSR count). The number of unbranched alkanes of at least 4 members (excludes halogenated alkanes) is 3. The highest BCUT2D eigenvalue weighted by Gasteiger charge is 2.09. The number of aromatic nitrogens is 1.